The van der Waals surface area contributed by atoms with Crippen molar-refractivity contribution in [3.05, 3.63) is 54.2 Å². The number of carbonyl (C=O) groups excluding carboxylic acids is 2. The summed E-state index contributed by atoms with van der Waals surface area (Å²) >= 11 is 0. The predicted molar refractivity (Wildman–Crippen MR) is 109 cm³/mol. The minimum atomic E-state index is -0.310. The van der Waals surface area contributed by atoms with Crippen LogP contribution in [0.2, 0.25) is 0 Å². The van der Waals surface area contributed by atoms with Gasteiger partial charge >= 0.3 is 0 Å². The molecule has 146 valence electrons. The number of rotatable bonds is 6. The maximum atomic E-state index is 12.8. The normalized spacial score (nSPS) is 19.3. The van der Waals surface area contributed by atoms with E-state index in [2.05, 4.69) is 27.3 Å². The second kappa shape index (κ2) is 8.42. The zero-order valence-electron chi connectivity index (χ0n) is 16.0. The first-order valence-electron chi connectivity index (χ1n) is 10.0. The zero-order chi connectivity index (χ0) is 19.3. The molecule has 0 aliphatic carbocycles. The van der Waals surface area contributed by atoms with Crippen molar-refractivity contribution in [3.8, 4) is 0 Å². The van der Waals surface area contributed by atoms with Crippen molar-refractivity contribution in [2.45, 2.75) is 25.7 Å². The van der Waals surface area contributed by atoms with Crippen LogP contribution in [0.5, 0.6) is 0 Å². The van der Waals surface area contributed by atoms with E-state index in [0.717, 1.165) is 43.9 Å². The number of aromatic nitrogens is 1. The van der Waals surface area contributed by atoms with Gasteiger partial charge in [0, 0.05) is 38.8 Å². The van der Waals surface area contributed by atoms with E-state index in [9.17, 15) is 9.59 Å². The highest BCUT2D eigenvalue weighted by Gasteiger charge is 2.34. The van der Waals surface area contributed by atoms with Crippen molar-refractivity contribution in [2.24, 2.45) is 5.92 Å². The summed E-state index contributed by atoms with van der Waals surface area (Å²) in [6, 6.07) is 13.8. The molecule has 6 heteroatoms. The van der Waals surface area contributed by atoms with Crippen LogP contribution >= 0.6 is 0 Å². The maximum absolute atomic E-state index is 12.8. The van der Waals surface area contributed by atoms with Gasteiger partial charge < -0.3 is 15.1 Å². The van der Waals surface area contributed by atoms with Crippen LogP contribution in [0.4, 0.5) is 11.5 Å². The predicted octanol–water partition coefficient (Wildman–Crippen LogP) is 2.71. The van der Waals surface area contributed by atoms with Gasteiger partial charge in [-0.1, -0.05) is 30.3 Å². The number of hydrogen-bond donors (Lipinski definition) is 1. The first-order valence-corrected chi connectivity index (χ1v) is 10.0. The zero-order valence-corrected chi connectivity index (χ0v) is 16.0. The van der Waals surface area contributed by atoms with Gasteiger partial charge in [-0.25, -0.2) is 4.98 Å². The van der Waals surface area contributed by atoms with Gasteiger partial charge in [0.2, 0.25) is 11.8 Å². The van der Waals surface area contributed by atoms with E-state index in [0.29, 0.717) is 13.1 Å². The number of nitrogens with zero attached hydrogens (tertiary/aromatic N) is 3. The van der Waals surface area contributed by atoms with Crippen molar-refractivity contribution in [1.29, 1.82) is 0 Å². The van der Waals surface area contributed by atoms with Crippen molar-refractivity contribution in [3.63, 3.8) is 0 Å². The van der Waals surface area contributed by atoms with Crippen LogP contribution in [0.25, 0.3) is 0 Å². The fourth-order valence-corrected chi connectivity index (χ4v) is 3.98. The molecule has 6 nitrogen and oxygen atoms in total. The molecule has 1 aromatic carbocycles. The van der Waals surface area contributed by atoms with E-state index in [1.165, 1.54) is 5.56 Å². The molecule has 28 heavy (non-hydrogen) atoms. The molecule has 2 aromatic rings. The van der Waals surface area contributed by atoms with Crippen molar-refractivity contribution in [1.82, 2.24) is 9.88 Å². The second-order valence-electron chi connectivity index (χ2n) is 7.53. The number of carbonyl (C=O) groups is 2. The number of nitrogens with one attached hydrogen (secondary N) is 1. The molecule has 2 aliphatic rings. The molecule has 2 aliphatic heterocycles. The molecule has 0 unspecified atom stereocenters. The quantitative estimate of drug-likeness (QED) is 0.839. The number of hydrogen-bond acceptors (Lipinski definition) is 4. The minimum absolute atomic E-state index is 0.0574. The Morgan fingerprint density at radius 3 is 2.68 bits per heavy atom. The molecule has 1 aromatic heterocycles. The van der Waals surface area contributed by atoms with Gasteiger partial charge in [0.05, 0.1) is 11.6 Å². The highest BCUT2D eigenvalue weighted by molar-refractivity contribution is 5.98. The highest BCUT2D eigenvalue weighted by atomic mass is 16.2. The minimum Gasteiger partial charge on any atom is -0.355 e. The molecular formula is C22H26N4O2. The lowest BCUT2D eigenvalue weighted by atomic mass is 10.1. The lowest BCUT2D eigenvalue weighted by molar-refractivity contribution is -0.128. The summed E-state index contributed by atoms with van der Waals surface area (Å²) < 4.78 is 0. The maximum Gasteiger partial charge on any atom is 0.229 e. The van der Waals surface area contributed by atoms with Gasteiger partial charge in [-0.2, -0.15) is 0 Å². The van der Waals surface area contributed by atoms with Crippen molar-refractivity contribution >= 4 is 23.3 Å². The molecular weight excluding hydrogens is 352 g/mol. The van der Waals surface area contributed by atoms with Crippen LogP contribution < -0.4 is 10.2 Å². The molecule has 0 radical (unpaired) electrons. The van der Waals surface area contributed by atoms with Gasteiger partial charge in [-0.15, -0.1) is 0 Å². The third-order valence-electron chi connectivity index (χ3n) is 5.55. The Morgan fingerprint density at radius 2 is 1.89 bits per heavy atom. The average molecular weight is 378 g/mol. The van der Waals surface area contributed by atoms with Crippen LogP contribution in [0, 0.1) is 5.92 Å². The summed E-state index contributed by atoms with van der Waals surface area (Å²) in [5, 5.41) is 3.02. The number of pyridine rings is 1. The molecule has 0 bridgehead atoms. The van der Waals surface area contributed by atoms with Crippen molar-refractivity contribution < 1.29 is 9.59 Å². The lowest BCUT2D eigenvalue weighted by Gasteiger charge is -2.21. The fourth-order valence-electron chi connectivity index (χ4n) is 3.98. The number of likely N-dealkylation sites (tertiary alicyclic amines) is 1. The Morgan fingerprint density at radius 1 is 1.11 bits per heavy atom. The van der Waals surface area contributed by atoms with Gasteiger partial charge in [-0.3, -0.25) is 9.59 Å². The third kappa shape index (κ3) is 4.16. The van der Waals surface area contributed by atoms with E-state index < -0.39 is 0 Å². The second-order valence-corrected chi connectivity index (χ2v) is 7.53. The Bertz CT molecular complexity index is 833. The number of amides is 2. The van der Waals surface area contributed by atoms with Gasteiger partial charge in [0.1, 0.15) is 0 Å². The average Bonchev–Trinajstić information content (AvgIpc) is 3.38. The Kier molecular flexibility index (Phi) is 5.55. The fraction of sp³-hybridized carbons (Fsp3) is 0.409. The Hall–Kier alpha value is -2.89. The van der Waals surface area contributed by atoms with Crippen LogP contribution in [-0.2, 0) is 16.0 Å². The standard InChI is InChI=1S/C22H26N4O2/c27-20-15-18(16-26(20)14-10-17-7-2-1-3-8-17)22(28)24-19-9-6-11-23-21(19)25-12-4-5-13-25/h1-3,6-9,11,18H,4-5,10,12-16H2,(H,24,28)/t18-/m0/s1. The molecule has 0 spiro atoms. The van der Waals surface area contributed by atoms with Gasteiger partial charge in [0.25, 0.3) is 0 Å². The van der Waals surface area contributed by atoms with Gasteiger partial charge in [-0.05, 0) is 37.0 Å². The topological polar surface area (TPSA) is 65.5 Å². The summed E-state index contributed by atoms with van der Waals surface area (Å²) in [5.41, 5.74) is 1.94. The first-order chi connectivity index (χ1) is 13.7. The summed E-state index contributed by atoms with van der Waals surface area (Å²) in [6.07, 6.45) is 5.14. The largest absolute Gasteiger partial charge is 0.355 e. The SMILES string of the molecule is O=C(Nc1cccnc1N1CCCC1)[C@H]1CC(=O)N(CCc2ccccc2)C1. The third-order valence-corrected chi connectivity index (χ3v) is 5.55. The number of anilines is 2. The molecule has 1 atom stereocenters. The lowest BCUT2D eigenvalue weighted by Crippen LogP contribution is -2.30. The summed E-state index contributed by atoms with van der Waals surface area (Å²) in [7, 11) is 0. The van der Waals surface area contributed by atoms with E-state index in [4.69, 9.17) is 0 Å². The molecule has 2 amide bonds. The first kappa shape index (κ1) is 18.5. The highest BCUT2D eigenvalue weighted by Crippen LogP contribution is 2.28. The van der Waals surface area contributed by atoms with Crippen molar-refractivity contribution in [2.75, 3.05) is 36.4 Å². The summed E-state index contributed by atoms with van der Waals surface area (Å²) in [5.74, 6) is 0.486. The monoisotopic (exact) mass is 378 g/mol. The molecule has 3 heterocycles. The molecule has 2 saturated heterocycles. The van der Waals surface area contributed by atoms with Crippen LogP contribution in [0.3, 0.4) is 0 Å². The van der Waals surface area contributed by atoms with E-state index in [1.54, 1.807) is 6.20 Å². The molecule has 1 N–H and O–H groups in total. The van der Waals surface area contributed by atoms with E-state index in [1.807, 2.05) is 35.2 Å². The van der Waals surface area contributed by atoms with Crippen LogP contribution in [-0.4, -0.2) is 47.9 Å². The van der Waals surface area contributed by atoms with Crippen LogP contribution in [0.1, 0.15) is 24.8 Å². The molecule has 2 fully saturated rings. The van der Waals surface area contributed by atoms with Gasteiger partial charge in [0.15, 0.2) is 5.82 Å². The molecule has 0 saturated carbocycles. The van der Waals surface area contributed by atoms with E-state index >= 15 is 0 Å². The Labute approximate surface area is 165 Å². The Balaban J connectivity index is 1.36. The molecule has 4 rings (SSSR count). The van der Waals surface area contributed by atoms with E-state index in [-0.39, 0.29) is 24.2 Å². The smallest absolute Gasteiger partial charge is 0.229 e. The summed E-state index contributed by atoms with van der Waals surface area (Å²) in [4.78, 5) is 33.7. The number of benzene rings is 1. The summed E-state index contributed by atoms with van der Waals surface area (Å²) in [6.45, 7) is 3.07. The van der Waals surface area contributed by atoms with Crippen LogP contribution in [0.15, 0.2) is 48.7 Å².